The van der Waals surface area contributed by atoms with E-state index in [0.29, 0.717) is 0 Å². The van der Waals surface area contributed by atoms with Crippen molar-refractivity contribution in [2.24, 2.45) is 0 Å². The third kappa shape index (κ3) is 10.9. The van der Waals surface area contributed by atoms with E-state index < -0.39 is 0 Å². The van der Waals surface area contributed by atoms with Gasteiger partial charge >= 0.3 is 0 Å². The van der Waals surface area contributed by atoms with Crippen LogP contribution in [-0.2, 0) is 4.74 Å². The Hall–Kier alpha value is 2.88. The van der Waals surface area contributed by atoms with Crippen molar-refractivity contribution in [3.63, 3.8) is 0 Å². The van der Waals surface area contributed by atoms with E-state index >= 15 is 0 Å². The van der Waals surface area contributed by atoms with Crippen LogP contribution in [0.3, 0.4) is 0 Å². The second-order valence-corrected chi connectivity index (χ2v) is 14.1. The predicted octanol–water partition coefficient (Wildman–Crippen LogP) is 4.09. The van der Waals surface area contributed by atoms with Crippen molar-refractivity contribution in [3.05, 3.63) is 0 Å². The standard InChI is InChI=1S/C4H6I4O/c1-3(5,6)9-4(2,7)8/h1-2H3. The molecule has 0 rings (SSSR count). The van der Waals surface area contributed by atoms with Crippen molar-refractivity contribution in [2.45, 2.75) is 17.1 Å². The molecule has 0 atom stereocenters. The summed E-state index contributed by atoms with van der Waals surface area (Å²) in [4.78, 5) is 0. The van der Waals surface area contributed by atoms with Gasteiger partial charge in [0, 0.05) is 0 Å². The van der Waals surface area contributed by atoms with Crippen LogP contribution in [0.1, 0.15) is 13.8 Å². The minimum Gasteiger partial charge on any atom is -0.330 e. The summed E-state index contributed by atoms with van der Waals surface area (Å²) in [6.45, 7) is 4.06. The number of rotatable bonds is 2. The van der Waals surface area contributed by atoms with Crippen LogP contribution in [0, 0.1) is 0 Å². The van der Waals surface area contributed by atoms with Crippen LogP contribution in [0.15, 0.2) is 0 Å². The fourth-order valence-electron chi connectivity index (χ4n) is 0.315. The summed E-state index contributed by atoms with van der Waals surface area (Å²) in [5.74, 6) is 0. The first-order chi connectivity index (χ1) is 3.71. The molecule has 0 amide bonds. The van der Waals surface area contributed by atoms with Crippen LogP contribution in [-0.4, -0.2) is 3.23 Å². The van der Waals surface area contributed by atoms with E-state index in [1.807, 2.05) is 13.8 Å². The Bertz CT molecular complexity index is 77.7. The molecule has 0 spiro atoms. The lowest BCUT2D eigenvalue weighted by Gasteiger charge is -2.24. The smallest absolute Gasteiger partial charge is 0.169 e. The maximum absolute atomic E-state index is 5.57. The van der Waals surface area contributed by atoms with Gasteiger partial charge in [-0.1, -0.05) is 0 Å². The van der Waals surface area contributed by atoms with Gasteiger partial charge in [-0.15, -0.1) is 0 Å². The second-order valence-electron chi connectivity index (χ2n) is 1.72. The molecule has 0 fully saturated rings. The predicted molar refractivity (Wildman–Crippen MR) is 74.0 cm³/mol. The van der Waals surface area contributed by atoms with E-state index in [1.165, 1.54) is 0 Å². The van der Waals surface area contributed by atoms with Crippen molar-refractivity contribution in [2.75, 3.05) is 0 Å². The first kappa shape index (κ1) is 11.9. The van der Waals surface area contributed by atoms with Gasteiger partial charge in [0.05, 0.1) is 0 Å². The molecule has 0 aromatic carbocycles. The fraction of sp³-hybridized carbons (Fsp3) is 1.00. The Morgan fingerprint density at radius 1 is 0.889 bits per heavy atom. The normalized spacial score (nSPS) is 14.0. The number of ether oxygens (including phenoxy) is 1. The molecule has 0 aromatic heterocycles. The van der Waals surface area contributed by atoms with Crippen molar-refractivity contribution in [3.8, 4) is 0 Å². The van der Waals surface area contributed by atoms with E-state index in [4.69, 9.17) is 4.74 Å². The van der Waals surface area contributed by atoms with Crippen LogP contribution in [0.5, 0.6) is 0 Å². The van der Waals surface area contributed by atoms with Gasteiger partial charge < -0.3 is 4.74 Å². The lowest BCUT2D eigenvalue weighted by Crippen LogP contribution is -2.21. The summed E-state index contributed by atoms with van der Waals surface area (Å²) >= 11 is 9.03. The Kier molecular flexibility index (Phi) is 5.56. The molecule has 0 N–H and O–H groups in total. The quantitative estimate of drug-likeness (QED) is 0.355. The molecule has 0 bridgehead atoms. The third-order valence-electron chi connectivity index (χ3n) is 0.358. The largest absolute Gasteiger partial charge is 0.330 e. The van der Waals surface area contributed by atoms with Crippen LogP contribution in [0.4, 0.5) is 0 Å². The average molecular weight is 578 g/mol. The summed E-state index contributed by atoms with van der Waals surface area (Å²) in [5.41, 5.74) is 0. The first-order valence-corrected chi connectivity index (χ1v) is 6.48. The summed E-state index contributed by atoms with van der Waals surface area (Å²) in [6.07, 6.45) is 0. The molecular weight excluding hydrogens is 572 g/mol. The van der Waals surface area contributed by atoms with Crippen molar-refractivity contribution in [1.29, 1.82) is 0 Å². The van der Waals surface area contributed by atoms with Gasteiger partial charge in [0.25, 0.3) is 0 Å². The summed E-state index contributed by atoms with van der Waals surface area (Å²) < 4.78 is 5.39. The van der Waals surface area contributed by atoms with E-state index in [1.54, 1.807) is 0 Å². The number of hydrogen-bond acceptors (Lipinski definition) is 1. The molecule has 9 heavy (non-hydrogen) atoms. The van der Waals surface area contributed by atoms with Crippen molar-refractivity contribution in [1.82, 2.24) is 0 Å². The Morgan fingerprint density at radius 3 is 1.11 bits per heavy atom. The van der Waals surface area contributed by atoms with E-state index in [2.05, 4.69) is 90.4 Å². The lowest BCUT2D eigenvalue weighted by atomic mass is 10.8. The summed E-state index contributed by atoms with van der Waals surface area (Å²) in [6, 6.07) is 0. The SMILES string of the molecule is CC(I)(I)OC(C)(I)I. The molecule has 0 heterocycles. The zero-order valence-corrected chi connectivity index (χ0v) is 13.6. The Labute approximate surface area is 110 Å². The van der Waals surface area contributed by atoms with Crippen LogP contribution in [0.2, 0.25) is 0 Å². The second kappa shape index (κ2) is 4.21. The monoisotopic (exact) mass is 578 g/mol. The molecule has 0 radical (unpaired) electrons. The summed E-state index contributed by atoms with van der Waals surface area (Å²) in [7, 11) is 0. The molecule has 5 heteroatoms. The topological polar surface area (TPSA) is 9.23 Å². The molecule has 0 unspecified atom stereocenters. The number of alkyl halides is 4. The number of halogens is 4. The first-order valence-electron chi connectivity index (χ1n) is 2.16. The van der Waals surface area contributed by atoms with Gasteiger partial charge in [-0.3, -0.25) is 0 Å². The van der Waals surface area contributed by atoms with Crippen LogP contribution in [0.25, 0.3) is 0 Å². The van der Waals surface area contributed by atoms with Crippen molar-refractivity contribution < 1.29 is 4.74 Å². The highest BCUT2D eigenvalue weighted by Gasteiger charge is 2.26. The van der Waals surface area contributed by atoms with Gasteiger partial charge in [-0.05, 0) is 104 Å². The van der Waals surface area contributed by atoms with E-state index in [9.17, 15) is 0 Å². The van der Waals surface area contributed by atoms with Crippen molar-refractivity contribution >= 4 is 90.4 Å². The molecule has 56 valence electrons. The maximum Gasteiger partial charge on any atom is 0.169 e. The highest BCUT2D eigenvalue weighted by atomic mass is 127. The average Bonchev–Trinajstić information content (AvgIpc) is 1.14. The summed E-state index contributed by atoms with van der Waals surface area (Å²) in [5, 5.41) is 0. The minimum atomic E-state index is -0.0906. The van der Waals surface area contributed by atoms with Gasteiger partial charge in [0.2, 0.25) is 0 Å². The molecule has 0 aliphatic heterocycles. The molecule has 0 saturated carbocycles. The number of hydrogen-bond donors (Lipinski definition) is 0. The molecular formula is C4H6I4O. The zero-order chi connectivity index (χ0) is 7.71. The maximum atomic E-state index is 5.57. The van der Waals surface area contributed by atoms with E-state index in [-0.39, 0.29) is 3.23 Å². The molecule has 0 saturated heterocycles. The Balaban J connectivity index is 3.75. The molecule has 1 nitrogen and oxygen atoms in total. The van der Waals surface area contributed by atoms with Gasteiger partial charge in [0.1, 0.15) is 0 Å². The van der Waals surface area contributed by atoms with Gasteiger partial charge in [-0.2, -0.15) is 0 Å². The van der Waals surface area contributed by atoms with Crippen LogP contribution >= 0.6 is 90.4 Å². The van der Waals surface area contributed by atoms with Gasteiger partial charge in [-0.25, -0.2) is 0 Å². The molecule has 0 aliphatic carbocycles. The third-order valence-corrected chi connectivity index (χ3v) is 1.24. The Morgan fingerprint density at radius 2 is 1.11 bits per heavy atom. The molecule has 0 aliphatic rings. The van der Waals surface area contributed by atoms with Gasteiger partial charge in [0.15, 0.2) is 3.23 Å². The highest BCUT2D eigenvalue weighted by molar-refractivity contribution is 14.2. The minimum absolute atomic E-state index is 0.0906. The lowest BCUT2D eigenvalue weighted by molar-refractivity contribution is 0.113. The highest BCUT2D eigenvalue weighted by Crippen LogP contribution is 2.39. The van der Waals surface area contributed by atoms with Crippen LogP contribution < -0.4 is 0 Å². The fourth-order valence-corrected chi connectivity index (χ4v) is 3.76. The molecule has 0 aromatic rings. The van der Waals surface area contributed by atoms with E-state index in [0.717, 1.165) is 0 Å². The zero-order valence-electron chi connectivity index (χ0n) is 4.92.